The summed E-state index contributed by atoms with van der Waals surface area (Å²) in [5.74, 6) is 2.62. The van der Waals surface area contributed by atoms with Crippen molar-refractivity contribution in [2.45, 2.75) is 97.9 Å². The van der Waals surface area contributed by atoms with Gasteiger partial charge in [-0.15, -0.1) is 0 Å². The monoisotopic (exact) mass is 532 g/mol. The molecule has 0 spiro atoms. The summed E-state index contributed by atoms with van der Waals surface area (Å²) in [5.41, 5.74) is 3.50. The summed E-state index contributed by atoms with van der Waals surface area (Å²) >= 11 is 0. The molecule has 3 aromatic carbocycles. The van der Waals surface area contributed by atoms with Gasteiger partial charge in [0, 0.05) is 13.0 Å². The van der Waals surface area contributed by atoms with E-state index >= 15 is 0 Å². The molecule has 39 heavy (non-hydrogen) atoms. The molecule has 4 nitrogen and oxygen atoms in total. The second kappa shape index (κ2) is 17.6. The fraction of sp³-hybridized carbons (Fsp3) is 0.486. The predicted octanol–water partition coefficient (Wildman–Crippen LogP) is 9.64. The molecule has 0 saturated heterocycles. The zero-order chi connectivity index (χ0) is 27.7. The van der Waals surface area contributed by atoms with E-state index in [1.54, 1.807) is 0 Å². The van der Waals surface area contributed by atoms with Gasteiger partial charge in [0.1, 0.15) is 23.9 Å². The molecule has 0 radical (unpaired) electrons. The Hall–Kier alpha value is -2.98. The lowest BCUT2D eigenvalue weighted by Crippen LogP contribution is -2.21. The second-order valence-electron chi connectivity index (χ2n) is 10.4. The van der Waals surface area contributed by atoms with E-state index < -0.39 is 0 Å². The van der Waals surface area contributed by atoms with E-state index in [2.05, 4.69) is 76.2 Å². The number of benzene rings is 3. The molecule has 0 fully saturated rings. The molecule has 3 aromatic rings. The van der Waals surface area contributed by atoms with Gasteiger partial charge in [-0.2, -0.15) is 0 Å². The first-order valence-electron chi connectivity index (χ1n) is 14.9. The first-order valence-corrected chi connectivity index (χ1v) is 14.9. The van der Waals surface area contributed by atoms with Crippen molar-refractivity contribution in [1.82, 2.24) is 0 Å². The fourth-order valence-electron chi connectivity index (χ4n) is 4.53. The zero-order valence-corrected chi connectivity index (χ0v) is 24.5. The van der Waals surface area contributed by atoms with Gasteiger partial charge in [0.05, 0.1) is 18.8 Å². The fourth-order valence-corrected chi connectivity index (χ4v) is 4.53. The van der Waals surface area contributed by atoms with Gasteiger partial charge in [-0.25, -0.2) is 0 Å². The summed E-state index contributed by atoms with van der Waals surface area (Å²) in [7, 11) is 0. The van der Waals surface area contributed by atoms with Gasteiger partial charge >= 0.3 is 0 Å². The van der Waals surface area contributed by atoms with Gasteiger partial charge in [0.25, 0.3) is 0 Å². The first kappa shape index (κ1) is 30.6. The third-order valence-electron chi connectivity index (χ3n) is 6.75. The molecule has 0 bridgehead atoms. The van der Waals surface area contributed by atoms with Crippen LogP contribution in [0.5, 0.6) is 17.2 Å². The lowest BCUT2D eigenvalue weighted by molar-refractivity contribution is 0.0351. The summed E-state index contributed by atoms with van der Waals surface area (Å²) < 4.78 is 23.7. The molecule has 3 rings (SSSR count). The Morgan fingerprint density at radius 2 is 1.10 bits per heavy atom. The molecule has 0 aliphatic carbocycles. The van der Waals surface area contributed by atoms with Gasteiger partial charge in [-0.1, -0.05) is 82.3 Å². The first-order chi connectivity index (χ1) is 19.1. The van der Waals surface area contributed by atoms with Crippen LogP contribution in [0.3, 0.4) is 0 Å². The minimum atomic E-state index is 0.0935. The highest BCUT2D eigenvalue weighted by molar-refractivity contribution is 5.64. The second-order valence-corrected chi connectivity index (χ2v) is 10.4. The van der Waals surface area contributed by atoms with E-state index in [0.29, 0.717) is 6.61 Å². The molecular formula is C35H48O4. The van der Waals surface area contributed by atoms with Crippen molar-refractivity contribution in [1.29, 1.82) is 0 Å². The maximum atomic E-state index is 6.04. The van der Waals surface area contributed by atoms with Crippen LogP contribution in [0.25, 0.3) is 11.1 Å². The minimum Gasteiger partial charge on any atom is -0.494 e. The van der Waals surface area contributed by atoms with Gasteiger partial charge in [0.2, 0.25) is 0 Å². The van der Waals surface area contributed by atoms with Crippen molar-refractivity contribution in [3.8, 4) is 28.4 Å². The van der Waals surface area contributed by atoms with Crippen LogP contribution >= 0.6 is 0 Å². The highest BCUT2D eigenvalue weighted by Crippen LogP contribution is 2.24. The van der Waals surface area contributed by atoms with Crippen LogP contribution in [0.4, 0.5) is 0 Å². The highest BCUT2D eigenvalue weighted by atomic mass is 16.5. The Morgan fingerprint density at radius 3 is 1.77 bits per heavy atom. The number of hydrogen-bond donors (Lipinski definition) is 0. The van der Waals surface area contributed by atoms with Crippen molar-refractivity contribution in [3.05, 3.63) is 78.4 Å². The summed E-state index contributed by atoms with van der Waals surface area (Å²) in [6.07, 6.45) is 9.86. The van der Waals surface area contributed by atoms with Crippen molar-refractivity contribution in [2.75, 3.05) is 13.2 Å². The number of hydrogen-bond acceptors (Lipinski definition) is 4. The Bertz CT molecular complexity index is 1030. The van der Waals surface area contributed by atoms with Crippen LogP contribution in [0.2, 0.25) is 0 Å². The molecule has 4 heteroatoms. The minimum absolute atomic E-state index is 0.0935. The average Bonchev–Trinajstić information content (AvgIpc) is 2.96. The van der Waals surface area contributed by atoms with E-state index in [-0.39, 0.29) is 12.2 Å². The van der Waals surface area contributed by atoms with Gasteiger partial charge in [-0.05, 0) is 79.8 Å². The lowest BCUT2D eigenvalue weighted by atomic mass is 10.0. The number of ether oxygens (including phenoxy) is 4. The summed E-state index contributed by atoms with van der Waals surface area (Å²) in [6, 6.07) is 24.8. The Morgan fingerprint density at radius 1 is 0.538 bits per heavy atom. The number of rotatable bonds is 19. The van der Waals surface area contributed by atoms with Crippen molar-refractivity contribution >= 4 is 0 Å². The van der Waals surface area contributed by atoms with Gasteiger partial charge < -0.3 is 18.9 Å². The quantitative estimate of drug-likeness (QED) is 0.144. The van der Waals surface area contributed by atoms with Crippen molar-refractivity contribution < 1.29 is 18.9 Å². The SMILES string of the molecule is CCCCCCCCOc1ccc(-c2ccc(COc3ccc(OC(C)CC(C)OCCC)cc3)cc2)cc1. The zero-order valence-electron chi connectivity index (χ0n) is 24.5. The molecule has 0 heterocycles. The average molecular weight is 533 g/mol. The predicted molar refractivity (Wildman–Crippen MR) is 162 cm³/mol. The molecule has 0 N–H and O–H groups in total. The van der Waals surface area contributed by atoms with E-state index in [4.69, 9.17) is 18.9 Å². The van der Waals surface area contributed by atoms with Crippen LogP contribution in [0, 0.1) is 0 Å². The molecular weight excluding hydrogens is 484 g/mol. The topological polar surface area (TPSA) is 36.9 Å². The molecule has 212 valence electrons. The largest absolute Gasteiger partial charge is 0.494 e. The summed E-state index contributed by atoms with van der Waals surface area (Å²) in [6.45, 7) is 10.7. The molecule has 0 aromatic heterocycles. The Kier molecular flexibility index (Phi) is 13.8. The molecule has 0 aliphatic heterocycles. The van der Waals surface area contributed by atoms with Crippen LogP contribution in [-0.2, 0) is 11.3 Å². The lowest BCUT2D eigenvalue weighted by Gasteiger charge is -2.19. The van der Waals surface area contributed by atoms with Crippen LogP contribution < -0.4 is 14.2 Å². The van der Waals surface area contributed by atoms with E-state index in [1.807, 2.05) is 24.3 Å². The number of unbranched alkanes of at least 4 members (excludes halogenated alkanes) is 5. The van der Waals surface area contributed by atoms with Crippen molar-refractivity contribution in [3.63, 3.8) is 0 Å². The summed E-state index contributed by atoms with van der Waals surface area (Å²) in [5, 5.41) is 0. The third-order valence-corrected chi connectivity index (χ3v) is 6.75. The van der Waals surface area contributed by atoms with E-state index in [1.165, 1.54) is 43.2 Å². The standard InChI is InChI=1S/C35H48O4/c1-5-7-8-9-10-11-25-37-33-18-16-32(17-19-33)31-14-12-30(13-15-31)27-38-34-20-22-35(23-21-34)39-29(4)26-28(3)36-24-6-2/h12-23,28-29H,5-11,24-27H2,1-4H3. The molecule has 2 unspecified atom stereocenters. The van der Waals surface area contributed by atoms with Gasteiger partial charge in [0.15, 0.2) is 0 Å². The Balaban J connectivity index is 1.39. The summed E-state index contributed by atoms with van der Waals surface area (Å²) in [4.78, 5) is 0. The third kappa shape index (κ3) is 11.7. The van der Waals surface area contributed by atoms with E-state index in [9.17, 15) is 0 Å². The maximum absolute atomic E-state index is 6.04. The molecule has 0 aliphatic rings. The van der Waals surface area contributed by atoms with Crippen molar-refractivity contribution in [2.24, 2.45) is 0 Å². The molecule has 0 amide bonds. The normalized spacial score (nSPS) is 12.6. The molecule has 2 atom stereocenters. The van der Waals surface area contributed by atoms with Crippen LogP contribution in [0.15, 0.2) is 72.8 Å². The van der Waals surface area contributed by atoms with E-state index in [0.717, 1.165) is 55.3 Å². The smallest absolute Gasteiger partial charge is 0.120 e. The van der Waals surface area contributed by atoms with Crippen LogP contribution in [0.1, 0.15) is 84.6 Å². The van der Waals surface area contributed by atoms with Gasteiger partial charge in [-0.3, -0.25) is 0 Å². The highest BCUT2D eigenvalue weighted by Gasteiger charge is 2.11. The molecule has 0 saturated carbocycles. The van der Waals surface area contributed by atoms with Crippen LogP contribution in [-0.4, -0.2) is 25.4 Å². The Labute approximate surface area is 236 Å². The maximum Gasteiger partial charge on any atom is 0.120 e.